The lowest BCUT2D eigenvalue weighted by Crippen LogP contribution is -2.48. The van der Waals surface area contributed by atoms with Gasteiger partial charge in [0.2, 0.25) is 5.91 Å². The number of hydrogen-bond acceptors (Lipinski definition) is 5. The predicted octanol–water partition coefficient (Wildman–Crippen LogP) is 3.12. The largest absolute Gasteiger partial charge is 0.340 e. The van der Waals surface area contributed by atoms with Crippen molar-refractivity contribution in [3.8, 4) is 5.82 Å². The van der Waals surface area contributed by atoms with Gasteiger partial charge in [0.1, 0.15) is 0 Å². The fourth-order valence-electron chi connectivity index (χ4n) is 4.74. The molecular formula is C26H31N7O. The molecule has 0 unspecified atom stereocenters. The van der Waals surface area contributed by atoms with E-state index in [-0.39, 0.29) is 5.91 Å². The van der Waals surface area contributed by atoms with Gasteiger partial charge < -0.3 is 4.90 Å². The Morgan fingerprint density at radius 1 is 0.941 bits per heavy atom. The Bertz CT molecular complexity index is 1300. The van der Waals surface area contributed by atoms with E-state index in [1.165, 1.54) is 5.56 Å². The monoisotopic (exact) mass is 457 g/mol. The molecule has 0 atom stereocenters. The molecule has 8 heteroatoms. The Kier molecular flexibility index (Phi) is 6.15. The quantitative estimate of drug-likeness (QED) is 0.445. The van der Waals surface area contributed by atoms with Crippen molar-refractivity contribution in [2.75, 3.05) is 26.2 Å². The smallest absolute Gasteiger partial charge is 0.222 e. The number of benzene rings is 1. The molecule has 176 valence electrons. The zero-order valence-electron chi connectivity index (χ0n) is 20.1. The molecule has 1 saturated heterocycles. The number of fused-ring (bicyclic) bond motifs is 1. The number of aryl methyl sites for hydroxylation is 2. The molecule has 1 aliphatic heterocycles. The number of rotatable bonds is 6. The summed E-state index contributed by atoms with van der Waals surface area (Å²) in [5.74, 6) is 0.973. The van der Waals surface area contributed by atoms with Gasteiger partial charge in [0.15, 0.2) is 11.5 Å². The Labute approximate surface area is 199 Å². The summed E-state index contributed by atoms with van der Waals surface area (Å²) < 4.78 is 3.70. The summed E-state index contributed by atoms with van der Waals surface area (Å²) in [7, 11) is 0. The average Bonchev–Trinajstić information content (AvgIpc) is 3.37. The average molecular weight is 458 g/mol. The molecule has 0 spiro atoms. The van der Waals surface area contributed by atoms with Gasteiger partial charge in [-0.2, -0.15) is 5.10 Å². The van der Waals surface area contributed by atoms with E-state index in [1.807, 2.05) is 52.3 Å². The van der Waals surface area contributed by atoms with E-state index >= 15 is 0 Å². The fourth-order valence-corrected chi connectivity index (χ4v) is 4.74. The Morgan fingerprint density at radius 3 is 2.47 bits per heavy atom. The van der Waals surface area contributed by atoms with Gasteiger partial charge in [0.25, 0.3) is 0 Å². The van der Waals surface area contributed by atoms with Crippen LogP contribution in [0.5, 0.6) is 0 Å². The summed E-state index contributed by atoms with van der Waals surface area (Å²) in [5.41, 5.74) is 6.22. The van der Waals surface area contributed by atoms with E-state index in [9.17, 15) is 4.79 Å². The number of hydrogen-bond donors (Lipinski definition) is 0. The van der Waals surface area contributed by atoms with Gasteiger partial charge in [0, 0.05) is 44.8 Å². The molecule has 0 aliphatic carbocycles. The van der Waals surface area contributed by atoms with Crippen LogP contribution >= 0.6 is 0 Å². The van der Waals surface area contributed by atoms with Gasteiger partial charge in [-0.15, -0.1) is 5.10 Å². The van der Waals surface area contributed by atoms with Crippen LogP contribution in [-0.2, 0) is 17.8 Å². The van der Waals surface area contributed by atoms with Crippen LogP contribution in [0.15, 0.2) is 48.7 Å². The van der Waals surface area contributed by atoms with Crippen LogP contribution < -0.4 is 0 Å². The van der Waals surface area contributed by atoms with Crippen molar-refractivity contribution in [3.05, 3.63) is 76.9 Å². The normalized spacial score (nSPS) is 14.7. The van der Waals surface area contributed by atoms with Crippen molar-refractivity contribution < 1.29 is 4.79 Å². The van der Waals surface area contributed by atoms with E-state index in [2.05, 4.69) is 41.1 Å². The number of amides is 1. The van der Waals surface area contributed by atoms with Gasteiger partial charge in [-0.3, -0.25) is 9.69 Å². The van der Waals surface area contributed by atoms with Gasteiger partial charge in [0.05, 0.1) is 17.6 Å². The maximum Gasteiger partial charge on any atom is 0.222 e. The molecule has 1 fully saturated rings. The van der Waals surface area contributed by atoms with Crippen LogP contribution in [0.2, 0.25) is 0 Å². The maximum atomic E-state index is 12.9. The summed E-state index contributed by atoms with van der Waals surface area (Å²) in [6, 6.07) is 14.4. The first-order valence-corrected chi connectivity index (χ1v) is 11.9. The Hall–Kier alpha value is -3.52. The molecule has 1 amide bonds. The third-order valence-corrected chi connectivity index (χ3v) is 6.74. The third-order valence-electron chi connectivity index (χ3n) is 6.74. The number of carbonyl (C=O) groups is 1. The molecule has 0 bridgehead atoms. The zero-order valence-corrected chi connectivity index (χ0v) is 20.1. The second-order valence-corrected chi connectivity index (χ2v) is 9.06. The highest BCUT2D eigenvalue weighted by molar-refractivity contribution is 5.76. The molecule has 1 aromatic carbocycles. The van der Waals surface area contributed by atoms with Crippen LogP contribution in [0, 0.1) is 20.8 Å². The van der Waals surface area contributed by atoms with Crippen molar-refractivity contribution in [2.24, 2.45) is 0 Å². The molecule has 3 aromatic heterocycles. The second-order valence-electron chi connectivity index (χ2n) is 9.06. The minimum atomic E-state index is 0.222. The van der Waals surface area contributed by atoms with E-state index < -0.39 is 0 Å². The van der Waals surface area contributed by atoms with Crippen molar-refractivity contribution in [1.82, 2.24) is 34.2 Å². The fraction of sp³-hybridized carbons (Fsp3) is 0.385. The minimum Gasteiger partial charge on any atom is -0.340 e. The lowest BCUT2D eigenvalue weighted by molar-refractivity contribution is -0.133. The zero-order chi connectivity index (χ0) is 23.7. The van der Waals surface area contributed by atoms with Gasteiger partial charge >= 0.3 is 0 Å². The van der Waals surface area contributed by atoms with Gasteiger partial charge in [-0.1, -0.05) is 30.3 Å². The lowest BCUT2D eigenvalue weighted by Gasteiger charge is -2.34. The highest BCUT2D eigenvalue weighted by Crippen LogP contribution is 2.20. The molecular weight excluding hydrogens is 426 g/mol. The van der Waals surface area contributed by atoms with Crippen LogP contribution in [-0.4, -0.2) is 66.3 Å². The maximum absolute atomic E-state index is 12.9. The molecule has 1 aliphatic rings. The van der Waals surface area contributed by atoms with Crippen LogP contribution in [0.3, 0.4) is 0 Å². The van der Waals surface area contributed by atoms with Crippen molar-refractivity contribution in [2.45, 2.75) is 40.2 Å². The molecule has 34 heavy (non-hydrogen) atoms. The summed E-state index contributed by atoms with van der Waals surface area (Å²) >= 11 is 0. The minimum absolute atomic E-state index is 0.222. The first kappa shape index (κ1) is 22.3. The highest BCUT2D eigenvalue weighted by Gasteiger charge is 2.22. The number of aromatic nitrogens is 5. The van der Waals surface area contributed by atoms with Crippen molar-refractivity contribution >= 4 is 11.6 Å². The van der Waals surface area contributed by atoms with E-state index in [0.29, 0.717) is 12.8 Å². The summed E-state index contributed by atoms with van der Waals surface area (Å²) in [6.45, 7) is 10.4. The first-order chi connectivity index (χ1) is 16.5. The highest BCUT2D eigenvalue weighted by atomic mass is 16.2. The molecule has 8 nitrogen and oxygen atoms in total. The van der Waals surface area contributed by atoms with E-state index in [4.69, 9.17) is 10.2 Å². The molecule has 4 aromatic rings. The van der Waals surface area contributed by atoms with E-state index in [1.54, 1.807) is 0 Å². The van der Waals surface area contributed by atoms with E-state index in [0.717, 1.165) is 66.8 Å². The topological polar surface area (TPSA) is 71.6 Å². The van der Waals surface area contributed by atoms with Crippen molar-refractivity contribution in [1.29, 1.82) is 0 Å². The van der Waals surface area contributed by atoms with Crippen molar-refractivity contribution in [3.63, 3.8) is 0 Å². The molecule has 4 heterocycles. The van der Waals surface area contributed by atoms with Gasteiger partial charge in [-0.25, -0.2) is 14.2 Å². The number of imidazole rings is 1. The lowest BCUT2D eigenvalue weighted by atomic mass is 10.1. The molecule has 5 rings (SSSR count). The van der Waals surface area contributed by atoms with Crippen LogP contribution in [0.1, 0.15) is 34.6 Å². The summed E-state index contributed by atoms with van der Waals surface area (Å²) in [6.07, 6.45) is 3.00. The summed E-state index contributed by atoms with van der Waals surface area (Å²) in [5, 5.41) is 9.43. The van der Waals surface area contributed by atoms with Crippen LogP contribution in [0.4, 0.5) is 0 Å². The van der Waals surface area contributed by atoms with Crippen LogP contribution in [0.25, 0.3) is 11.5 Å². The second kappa shape index (κ2) is 9.38. The molecule has 0 N–H and O–H groups in total. The molecule has 0 saturated carbocycles. The SMILES string of the molecule is Cc1nn(-c2ccc3ncc(C)n3n2)c(C)c1CCC(=O)N1CCN(Cc2ccccc2)CC1. The number of carbonyl (C=O) groups excluding carboxylic acids is 1. The number of nitrogens with zero attached hydrogens (tertiary/aromatic N) is 7. The summed E-state index contributed by atoms with van der Waals surface area (Å²) in [4.78, 5) is 21.7. The Balaban J connectivity index is 1.20. The standard InChI is InChI=1S/C26H31N7O/c1-19-17-27-24-10-11-25(29-32(19)24)33-21(3)23(20(2)28-33)9-12-26(34)31-15-13-30(14-16-31)18-22-7-5-4-6-8-22/h4-8,10-11,17H,9,12-16,18H2,1-3H3. The Morgan fingerprint density at radius 2 is 1.71 bits per heavy atom. The first-order valence-electron chi connectivity index (χ1n) is 11.9. The predicted molar refractivity (Wildman–Crippen MR) is 131 cm³/mol. The number of piperazine rings is 1. The molecule has 0 radical (unpaired) electrons. The van der Waals surface area contributed by atoms with Gasteiger partial charge in [-0.05, 0) is 50.5 Å². The third kappa shape index (κ3) is 4.46.